The van der Waals surface area contributed by atoms with Crippen molar-refractivity contribution < 1.29 is 13.2 Å². The van der Waals surface area contributed by atoms with Gasteiger partial charge in [0.2, 0.25) is 15.9 Å². The molecule has 1 amide bonds. The zero-order valence-corrected chi connectivity index (χ0v) is 20.4. The van der Waals surface area contributed by atoms with Crippen molar-refractivity contribution in [1.82, 2.24) is 14.3 Å². The summed E-state index contributed by atoms with van der Waals surface area (Å²) in [6.45, 7) is 0. The second-order valence-electron chi connectivity index (χ2n) is 7.65. The van der Waals surface area contributed by atoms with E-state index in [9.17, 15) is 13.2 Å². The number of thioether (sulfide) groups is 1. The van der Waals surface area contributed by atoms with Crippen molar-refractivity contribution in [2.75, 3.05) is 25.2 Å². The molecule has 0 saturated heterocycles. The molecule has 0 aliphatic heterocycles. The lowest BCUT2D eigenvalue weighted by Crippen LogP contribution is -2.22. The lowest BCUT2D eigenvalue weighted by molar-refractivity contribution is -0.113. The van der Waals surface area contributed by atoms with Gasteiger partial charge in [0.15, 0.2) is 5.16 Å². The highest BCUT2D eigenvalue weighted by molar-refractivity contribution is 7.99. The van der Waals surface area contributed by atoms with Crippen LogP contribution in [-0.2, 0) is 14.8 Å². The first-order valence-corrected chi connectivity index (χ1v) is 12.9. The Labute approximate surface area is 203 Å². The topological polar surface area (TPSA) is 95.2 Å². The molecule has 0 aliphatic carbocycles. The van der Waals surface area contributed by atoms with Gasteiger partial charge >= 0.3 is 0 Å². The third-order valence-electron chi connectivity index (χ3n) is 5.05. The second-order valence-corrected chi connectivity index (χ2v) is 10.8. The van der Waals surface area contributed by atoms with Gasteiger partial charge in [0, 0.05) is 30.9 Å². The zero-order valence-electron chi connectivity index (χ0n) is 18.7. The number of hydrogen-bond acceptors (Lipinski definition) is 5. The van der Waals surface area contributed by atoms with Gasteiger partial charge in [-0.3, -0.25) is 4.79 Å². The molecule has 0 aliphatic rings. The molecule has 0 bridgehead atoms. The van der Waals surface area contributed by atoms with Crippen molar-refractivity contribution in [1.29, 1.82) is 0 Å². The summed E-state index contributed by atoms with van der Waals surface area (Å²) in [5.74, 6) is -0.0691. The lowest BCUT2D eigenvalue weighted by Gasteiger charge is -2.11. The normalized spacial score (nSPS) is 11.5. The van der Waals surface area contributed by atoms with Gasteiger partial charge in [-0.25, -0.2) is 17.7 Å². The SMILES string of the molecule is CN(C)S(=O)(=O)c1ccc(NC(=O)CSc2nc(-c3ccccc3)c(-c3ccccc3)[nH]2)cc1. The van der Waals surface area contributed by atoms with Gasteiger partial charge in [-0.05, 0) is 24.3 Å². The monoisotopic (exact) mass is 492 g/mol. The Morgan fingerprint density at radius 3 is 2.09 bits per heavy atom. The molecular formula is C25H24N4O3S2. The maximum Gasteiger partial charge on any atom is 0.242 e. The molecule has 0 radical (unpaired) electrons. The average molecular weight is 493 g/mol. The summed E-state index contributed by atoms with van der Waals surface area (Å²) in [6, 6.07) is 25.9. The molecule has 2 N–H and O–H groups in total. The summed E-state index contributed by atoms with van der Waals surface area (Å²) in [6.07, 6.45) is 0. The third-order valence-corrected chi connectivity index (χ3v) is 7.75. The minimum absolute atomic E-state index is 0.147. The van der Waals surface area contributed by atoms with E-state index < -0.39 is 10.0 Å². The minimum Gasteiger partial charge on any atom is -0.332 e. The number of carbonyl (C=O) groups excluding carboxylic acids is 1. The summed E-state index contributed by atoms with van der Waals surface area (Å²) in [5, 5.41) is 3.43. The van der Waals surface area contributed by atoms with Crippen LogP contribution in [0, 0.1) is 0 Å². The van der Waals surface area contributed by atoms with Crippen LogP contribution in [0.4, 0.5) is 5.69 Å². The van der Waals surface area contributed by atoms with Gasteiger partial charge in [-0.1, -0.05) is 72.4 Å². The Bertz CT molecular complexity index is 1310. The first-order valence-electron chi connectivity index (χ1n) is 10.5. The number of hydrogen-bond donors (Lipinski definition) is 2. The predicted octanol–water partition coefficient (Wildman–Crippen LogP) is 4.72. The number of benzene rings is 3. The van der Waals surface area contributed by atoms with Crippen molar-refractivity contribution in [3.05, 3.63) is 84.9 Å². The number of H-pyrrole nitrogens is 1. The molecule has 0 unspecified atom stereocenters. The molecule has 0 saturated carbocycles. The molecule has 3 aromatic carbocycles. The molecule has 4 aromatic rings. The van der Waals surface area contributed by atoms with E-state index in [2.05, 4.69) is 10.3 Å². The second kappa shape index (κ2) is 10.3. The molecule has 1 aromatic heterocycles. The number of amides is 1. The smallest absolute Gasteiger partial charge is 0.242 e. The molecule has 34 heavy (non-hydrogen) atoms. The van der Waals surface area contributed by atoms with Gasteiger partial charge in [0.05, 0.1) is 22.0 Å². The van der Waals surface area contributed by atoms with Crippen LogP contribution < -0.4 is 5.32 Å². The van der Waals surface area contributed by atoms with Crippen LogP contribution in [0.3, 0.4) is 0 Å². The van der Waals surface area contributed by atoms with Crippen molar-refractivity contribution in [3.63, 3.8) is 0 Å². The number of nitrogens with zero attached hydrogens (tertiary/aromatic N) is 2. The molecule has 1 heterocycles. The average Bonchev–Trinajstić information content (AvgIpc) is 3.28. The van der Waals surface area contributed by atoms with E-state index in [-0.39, 0.29) is 16.6 Å². The van der Waals surface area contributed by atoms with Crippen LogP contribution in [0.5, 0.6) is 0 Å². The van der Waals surface area contributed by atoms with Crippen LogP contribution in [0.1, 0.15) is 0 Å². The number of aromatic amines is 1. The Balaban J connectivity index is 1.46. The molecular weight excluding hydrogens is 468 g/mol. The predicted molar refractivity (Wildman–Crippen MR) is 136 cm³/mol. The highest BCUT2D eigenvalue weighted by Gasteiger charge is 2.18. The maximum absolute atomic E-state index is 12.5. The number of anilines is 1. The van der Waals surface area contributed by atoms with Gasteiger partial charge in [-0.15, -0.1) is 0 Å². The number of carbonyl (C=O) groups is 1. The van der Waals surface area contributed by atoms with Gasteiger partial charge in [-0.2, -0.15) is 0 Å². The fraction of sp³-hybridized carbons (Fsp3) is 0.120. The standard InChI is InChI=1S/C25H24N4O3S2/c1-29(2)34(31,32)21-15-13-20(14-16-21)26-22(30)17-33-25-27-23(18-9-5-3-6-10-18)24(28-25)19-11-7-4-8-12-19/h3-16H,17H2,1-2H3,(H,26,30)(H,27,28). The summed E-state index contributed by atoms with van der Waals surface area (Å²) in [4.78, 5) is 20.8. The van der Waals surface area contributed by atoms with Crippen LogP contribution >= 0.6 is 11.8 Å². The van der Waals surface area contributed by atoms with Crippen LogP contribution in [0.15, 0.2) is 95.0 Å². The summed E-state index contributed by atoms with van der Waals surface area (Å²) in [5.41, 5.74) is 4.25. The number of nitrogens with one attached hydrogen (secondary N) is 2. The number of sulfonamides is 1. The fourth-order valence-corrected chi connectivity index (χ4v) is 4.86. The number of rotatable bonds is 8. The van der Waals surface area contributed by atoms with Gasteiger partial charge in [0.1, 0.15) is 0 Å². The number of aromatic nitrogens is 2. The quantitative estimate of drug-likeness (QED) is 0.347. The summed E-state index contributed by atoms with van der Waals surface area (Å²) in [7, 11) is -0.561. The van der Waals surface area contributed by atoms with E-state index in [0.29, 0.717) is 10.8 Å². The molecule has 4 rings (SSSR count). The largest absolute Gasteiger partial charge is 0.332 e. The summed E-state index contributed by atoms with van der Waals surface area (Å²) >= 11 is 1.30. The molecule has 0 spiro atoms. The maximum atomic E-state index is 12.5. The van der Waals surface area contributed by atoms with Crippen LogP contribution in [0.25, 0.3) is 22.5 Å². The van der Waals surface area contributed by atoms with Gasteiger partial charge in [0.25, 0.3) is 0 Å². The molecule has 7 nitrogen and oxygen atoms in total. The lowest BCUT2D eigenvalue weighted by atomic mass is 10.1. The van der Waals surface area contributed by atoms with E-state index in [1.807, 2.05) is 60.7 Å². The van der Waals surface area contributed by atoms with Crippen LogP contribution in [0.2, 0.25) is 0 Å². The Morgan fingerprint density at radius 1 is 0.912 bits per heavy atom. The highest BCUT2D eigenvalue weighted by atomic mass is 32.2. The molecule has 0 fully saturated rings. The van der Waals surface area contributed by atoms with E-state index in [1.54, 1.807) is 12.1 Å². The van der Waals surface area contributed by atoms with Crippen molar-refractivity contribution >= 4 is 33.4 Å². The number of imidazole rings is 1. The van der Waals surface area contributed by atoms with Crippen LogP contribution in [-0.4, -0.2) is 48.4 Å². The Kier molecular flexibility index (Phi) is 7.16. The van der Waals surface area contributed by atoms with E-state index >= 15 is 0 Å². The summed E-state index contributed by atoms with van der Waals surface area (Å²) < 4.78 is 25.5. The van der Waals surface area contributed by atoms with E-state index in [4.69, 9.17) is 4.98 Å². The molecule has 0 atom stereocenters. The third kappa shape index (κ3) is 5.39. The highest BCUT2D eigenvalue weighted by Crippen LogP contribution is 2.32. The van der Waals surface area contributed by atoms with Crippen molar-refractivity contribution in [2.45, 2.75) is 10.1 Å². The first-order chi connectivity index (χ1) is 16.3. The minimum atomic E-state index is -3.51. The van der Waals surface area contributed by atoms with E-state index in [0.717, 1.165) is 26.8 Å². The van der Waals surface area contributed by atoms with Gasteiger partial charge < -0.3 is 10.3 Å². The Morgan fingerprint density at radius 2 is 1.50 bits per heavy atom. The van der Waals surface area contributed by atoms with E-state index in [1.165, 1.54) is 38.0 Å². The Hall–Kier alpha value is -3.40. The fourth-order valence-electron chi connectivity index (χ4n) is 3.29. The first kappa shape index (κ1) is 23.7. The van der Waals surface area contributed by atoms with Crippen molar-refractivity contribution in [3.8, 4) is 22.5 Å². The zero-order chi connectivity index (χ0) is 24.1. The van der Waals surface area contributed by atoms with Crippen molar-refractivity contribution in [2.24, 2.45) is 0 Å². The molecule has 174 valence electrons. The molecule has 9 heteroatoms.